The molecule has 174 valence electrons. The lowest BCUT2D eigenvalue weighted by molar-refractivity contribution is -0.126. The first-order valence-electron chi connectivity index (χ1n) is 12.1. The van der Waals surface area contributed by atoms with Gasteiger partial charge in [0.15, 0.2) is 0 Å². The van der Waals surface area contributed by atoms with E-state index >= 15 is 0 Å². The van der Waals surface area contributed by atoms with Gasteiger partial charge in [-0.1, -0.05) is 43.2 Å². The van der Waals surface area contributed by atoms with E-state index in [1.54, 1.807) is 12.2 Å². The van der Waals surface area contributed by atoms with Crippen molar-refractivity contribution in [2.24, 2.45) is 5.92 Å². The van der Waals surface area contributed by atoms with Crippen LogP contribution in [0, 0.1) is 12.8 Å². The Kier molecular flexibility index (Phi) is 7.82. The van der Waals surface area contributed by atoms with E-state index in [0.29, 0.717) is 31.4 Å². The fourth-order valence-corrected chi connectivity index (χ4v) is 4.55. The van der Waals surface area contributed by atoms with Gasteiger partial charge in [0.05, 0.1) is 12.3 Å². The summed E-state index contributed by atoms with van der Waals surface area (Å²) in [7, 11) is 0. The third-order valence-corrected chi connectivity index (χ3v) is 6.47. The van der Waals surface area contributed by atoms with Crippen LogP contribution in [0.2, 0.25) is 0 Å². The molecule has 1 aromatic heterocycles. The van der Waals surface area contributed by atoms with E-state index < -0.39 is 0 Å². The van der Waals surface area contributed by atoms with Gasteiger partial charge in [0.2, 0.25) is 11.8 Å². The molecular formula is C28H34N2O3. The van der Waals surface area contributed by atoms with Crippen LogP contribution in [0.1, 0.15) is 61.1 Å². The third kappa shape index (κ3) is 6.25. The quantitative estimate of drug-likeness (QED) is 0.378. The van der Waals surface area contributed by atoms with E-state index in [2.05, 4.69) is 23.2 Å². The molecule has 5 heteroatoms. The van der Waals surface area contributed by atoms with Gasteiger partial charge < -0.3 is 14.1 Å². The zero-order valence-electron chi connectivity index (χ0n) is 19.8. The first-order valence-corrected chi connectivity index (χ1v) is 12.1. The van der Waals surface area contributed by atoms with Gasteiger partial charge in [0.1, 0.15) is 11.5 Å². The molecule has 1 aliphatic carbocycles. The minimum absolute atomic E-state index is 0.0457. The Labute approximate surface area is 196 Å². The number of allylic oxidation sites excluding steroid dienone is 4. The Balaban J connectivity index is 1.31. The number of aryl methyl sites for hydroxylation is 1. The molecule has 1 aliphatic heterocycles. The maximum absolute atomic E-state index is 12.4. The summed E-state index contributed by atoms with van der Waals surface area (Å²) in [5.41, 5.74) is 3.39. The molecule has 0 radical (unpaired) electrons. The second-order valence-corrected chi connectivity index (χ2v) is 8.88. The maximum atomic E-state index is 12.4. The van der Waals surface area contributed by atoms with Gasteiger partial charge in [0.25, 0.3) is 0 Å². The lowest BCUT2D eigenvalue weighted by Gasteiger charge is -2.28. The zero-order chi connectivity index (χ0) is 23.0. The van der Waals surface area contributed by atoms with E-state index in [-0.39, 0.29) is 5.91 Å². The Hall–Kier alpha value is -3.08. The van der Waals surface area contributed by atoms with Gasteiger partial charge in [0, 0.05) is 25.6 Å². The van der Waals surface area contributed by atoms with Crippen molar-refractivity contribution in [3.63, 3.8) is 0 Å². The third-order valence-electron chi connectivity index (χ3n) is 6.47. The largest absolute Gasteiger partial charge is 0.493 e. The van der Waals surface area contributed by atoms with E-state index in [9.17, 15) is 4.79 Å². The summed E-state index contributed by atoms with van der Waals surface area (Å²) in [6, 6.07) is 6.21. The van der Waals surface area contributed by atoms with Gasteiger partial charge in [-0.15, -0.1) is 0 Å². The zero-order valence-corrected chi connectivity index (χ0v) is 19.8. The van der Waals surface area contributed by atoms with Gasteiger partial charge in [-0.25, -0.2) is 4.98 Å². The van der Waals surface area contributed by atoms with Crippen molar-refractivity contribution < 1.29 is 13.9 Å². The fraction of sp³-hybridized carbons (Fsp3) is 0.429. The molecule has 0 bridgehead atoms. The molecule has 1 fully saturated rings. The topological polar surface area (TPSA) is 55.6 Å². The van der Waals surface area contributed by atoms with E-state index in [1.807, 2.05) is 43.0 Å². The smallest absolute Gasteiger partial charge is 0.246 e. The van der Waals surface area contributed by atoms with Crippen LogP contribution in [-0.4, -0.2) is 28.9 Å². The number of nitrogens with zero attached hydrogens (tertiary/aromatic N) is 2. The highest BCUT2D eigenvalue weighted by molar-refractivity contribution is 5.88. The summed E-state index contributed by atoms with van der Waals surface area (Å²) in [6.07, 6.45) is 18.2. The molecular weight excluding hydrogens is 412 g/mol. The number of oxazole rings is 1. The number of hydrogen-bond donors (Lipinski definition) is 0. The molecule has 4 rings (SSSR count). The first-order chi connectivity index (χ1) is 16.1. The summed E-state index contributed by atoms with van der Waals surface area (Å²) in [5, 5.41) is 0. The normalized spacial score (nSPS) is 17.0. The molecule has 0 spiro atoms. The summed E-state index contributed by atoms with van der Waals surface area (Å²) < 4.78 is 11.9. The average molecular weight is 447 g/mol. The Morgan fingerprint density at radius 1 is 1.24 bits per heavy atom. The number of ether oxygens (including phenoxy) is 1. The molecule has 2 heterocycles. The highest BCUT2D eigenvalue weighted by atomic mass is 16.5. The van der Waals surface area contributed by atoms with E-state index in [1.165, 1.54) is 31.2 Å². The molecule has 2 aromatic rings. The number of carbonyl (C=O) groups is 1. The van der Waals surface area contributed by atoms with Crippen LogP contribution in [0.3, 0.4) is 0 Å². The lowest BCUT2D eigenvalue weighted by Crippen LogP contribution is -2.34. The number of fused-ring (bicyclic) bond motifs is 1. The number of amides is 1. The number of rotatable bonds is 8. The molecule has 0 atom stereocenters. The molecule has 2 aliphatic rings. The lowest BCUT2D eigenvalue weighted by atomic mass is 9.99. The monoisotopic (exact) mass is 446 g/mol. The Morgan fingerprint density at radius 3 is 2.91 bits per heavy atom. The summed E-state index contributed by atoms with van der Waals surface area (Å²) in [6.45, 7) is 5.79. The van der Waals surface area contributed by atoms with Crippen LogP contribution < -0.4 is 4.74 Å². The predicted molar refractivity (Wildman–Crippen MR) is 131 cm³/mol. The molecule has 33 heavy (non-hydrogen) atoms. The SMILES string of the molecule is CC=CC=CC(=O)N1CCc2ccc(OCCc3nc(C=CC4CCCC4)oc3C)cc2C1. The van der Waals surface area contributed by atoms with Crippen molar-refractivity contribution in [2.45, 2.75) is 58.9 Å². The molecule has 5 nitrogen and oxygen atoms in total. The first kappa shape index (κ1) is 23.1. The van der Waals surface area contributed by atoms with Crippen LogP contribution >= 0.6 is 0 Å². The van der Waals surface area contributed by atoms with Crippen LogP contribution in [0.25, 0.3) is 6.08 Å². The van der Waals surface area contributed by atoms with Crippen molar-refractivity contribution in [1.29, 1.82) is 0 Å². The van der Waals surface area contributed by atoms with Crippen molar-refractivity contribution in [1.82, 2.24) is 9.88 Å². The van der Waals surface area contributed by atoms with E-state index in [0.717, 1.165) is 35.7 Å². The highest BCUT2D eigenvalue weighted by Gasteiger charge is 2.19. The van der Waals surface area contributed by atoms with Crippen LogP contribution in [0.15, 0.2) is 53.0 Å². The van der Waals surface area contributed by atoms with Crippen molar-refractivity contribution in [2.75, 3.05) is 13.2 Å². The van der Waals surface area contributed by atoms with Crippen LogP contribution in [0.5, 0.6) is 5.75 Å². The Bertz CT molecular complexity index is 1040. The van der Waals surface area contributed by atoms with Crippen molar-refractivity contribution >= 4 is 12.0 Å². The molecule has 1 saturated carbocycles. The molecule has 1 amide bonds. The van der Waals surface area contributed by atoms with Gasteiger partial charge in [-0.05, 0) is 68.4 Å². The number of aromatic nitrogens is 1. The molecule has 0 unspecified atom stereocenters. The molecule has 0 saturated heterocycles. The van der Waals surface area contributed by atoms with Crippen LogP contribution in [-0.2, 0) is 24.2 Å². The standard InChI is InChI=1S/C28H34N2O3/c1-3-4-5-10-28(31)30-17-15-23-12-13-25(19-24(23)20-30)32-18-16-26-21(2)33-27(29-26)14-11-22-8-6-7-9-22/h3-5,10-14,19,22H,6-9,15-18,20H2,1-2H3. The minimum atomic E-state index is 0.0457. The van der Waals surface area contributed by atoms with Gasteiger partial charge in [-0.2, -0.15) is 0 Å². The second kappa shape index (κ2) is 11.2. The highest BCUT2D eigenvalue weighted by Crippen LogP contribution is 2.27. The number of hydrogen-bond acceptors (Lipinski definition) is 4. The summed E-state index contributed by atoms with van der Waals surface area (Å²) in [5.74, 6) is 3.09. The second-order valence-electron chi connectivity index (χ2n) is 8.88. The number of benzene rings is 1. The van der Waals surface area contributed by atoms with Crippen LogP contribution in [0.4, 0.5) is 0 Å². The summed E-state index contributed by atoms with van der Waals surface area (Å²) in [4.78, 5) is 18.9. The molecule has 0 N–H and O–H groups in total. The van der Waals surface area contributed by atoms with E-state index in [4.69, 9.17) is 9.15 Å². The fourth-order valence-electron chi connectivity index (χ4n) is 4.55. The van der Waals surface area contributed by atoms with Crippen molar-refractivity contribution in [3.05, 3.63) is 77.1 Å². The minimum Gasteiger partial charge on any atom is -0.493 e. The summed E-state index contributed by atoms with van der Waals surface area (Å²) >= 11 is 0. The van der Waals surface area contributed by atoms with Crippen molar-refractivity contribution in [3.8, 4) is 5.75 Å². The molecule has 1 aromatic carbocycles. The van der Waals surface area contributed by atoms with Gasteiger partial charge >= 0.3 is 0 Å². The average Bonchev–Trinajstić information content (AvgIpc) is 3.47. The Morgan fingerprint density at radius 2 is 2.09 bits per heavy atom. The predicted octanol–water partition coefficient (Wildman–Crippen LogP) is 5.82. The maximum Gasteiger partial charge on any atom is 0.246 e. The number of carbonyl (C=O) groups excluding carboxylic acids is 1. The van der Waals surface area contributed by atoms with Gasteiger partial charge in [-0.3, -0.25) is 4.79 Å².